The second-order valence-corrected chi connectivity index (χ2v) is 2.69. The summed E-state index contributed by atoms with van der Waals surface area (Å²) in [5, 5.41) is 6.22. The molecule has 0 aromatic carbocycles. The monoisotopic (exact) mass is 184 g/mol. The van der Waals surface area contributed by atoms with Gasteiger partial charge in [-0.05, 0) is 0 Å². The van der Waals surface area contributed by atoms with E-state index in [0.717, 1.165) is 6.54 Å². The van der Waals surface area contributed by atoms with Crippen molar-refractivity contribution in [3.05, 3.63) is 25.3 Å². The minimum atomic E-state index is -0.132. The van der Waals surface area contributed by atoms with E-state index >= 15 is 0 Å². The van der Waals surface area contributed by atoms with Gasteiger partial charge in [0.2, 0.25) is 0 Å². The molecule has 2 unspecified atom stereocenters. The number of ether oxygens (including phenoxy) is 2. The maximum absolute atomic E-state index is 5.36. The second-order valence-electron chi connectivity index (χ2n) is 2.69. The molecule has 0 radical (unpaired) electrons. The molecule has 0 bridgehead atoms. The molecule has 1 rings (SSSR count). The lowest BCUT2D eigenvalue weighted by molar-refractivity contribution is 0.00962. The number of nitrogens with one attached hydrogen (secondary N) is 2. The van der Waals surface area contributed by atoms with Crippen LogP contribution < -0.4 is 10.6 Å². The summed E-state index contributed by atoms with van der Waals surface area (Å²) < 4.78 is 10.7. The van der Waals surface area contributed by atoms with E-state index < -0.39 is 0 Å². The van der Waals surface area contributed by atoms with E-state index in [1.165, 1.54) is 0 Å². The lowest BCUT2D eigenvalue weighted by Gasteiger charge is -2.12. The van der Waals surface area contributed by atoms with Gasteiger partial charge in [-0.2, -0.15) is 0 Å². The first kappa shape index (κ1) is 10.4. The van der Waals surface area contributed by atoms with Crippen LogP contribution in [-0.4, -0.2) is 32.3 Å². The first-order valence-electron chi connectivity index (χ1n) is 4.31. The quantitative estimate of drug-likeness (QED) is 0.578. The van der Waals surface area contributed by atoms with E-state index in [-0.39, 0.29) is 12.6 Å². The maximum atomic E-state index is 5.36. The van der Waals surface area contributed by atoms with Gasteiger partial charge < -0.3 is 9.47 Å². The van der Waals surface area contributed by atoms with Crippen molar-refractivity contribution >= 4 is 0 Å². The van der Waals surface area contributed by atoms with E-state index in [9.17, 15) is 0 Å². The van der Waals surface area contributed by atoms with Crippen LogP contribution in [0.15, 0.2) is 25.3 Å². The molecule has 74 valence electrons. The van der Waals surface area contributed by atoms with Crippen LogP contribution >= 0.6 is 0 Å². The minimum absolute atomic E-state index is 0.00724. The largest absolute Gasteiger partial charge is 0.358 e. The SMILES string of the molecule is C=CCOC1CNC(OCC=C)N1. The summed E-state index contributed by atoms with van der Waals surface area (Å²) in [6, 6.07) is 0. The Morgan fingerprint density at radius 1 is 1.23 bits per heavy atom. The van der Waals surface area contributed by atoms with Gasteiger partial charge >= 0.3 is 0 Å². The van der Waals surface area contributed by atoms with Gasteiger partial charge in [0.05, 0.1) is 13.2 Å². The van der Waals surface area contributed by atoms with Crippen LogP contribution in [0.3, 0.4) is 0 Å². The average molecular weight is 184 g/mol. The third-order valence-corrected chi connectivity index (χ3v) is 1.62. The number of hydrogen-bond acceptors (Lipinski definition) is 4. The molecule has 1 aliphatic heterocycles. The van der Waals surface area contributed by atoms with Crippen molar-refractivity contribution in [2.45, 2.75) is 12.6 Å². The Kier molecular flexibility index (Phi) is 4.70. The van der Waals surface area contributed by atoms with Gasteiger partial charge in [0, 0.05) is 6.54 Å². The van der Waals surface area contributed by atoms with Gasteiger partial charge in [-0.1, -0.05) is 12.2 Å². The molecule has 0 aromatic rings. The zero-order chi connectivity index (χ0) is 9.52. The predicted octanol–water partition coefficient (Wildman–Crippen LogP) is 0.194. The number of hydrogen-bond donors (Lipinski definition) is 2. The van der Waals surface area contributed by atoms with Crippen molar-refractivity contribution < 1.29 is 9.47 Å². The Hall–Kier alpha value is -0.680. The van der Waals surface area contributed by atoms with Crippen molar-refractivity contribution in [3.63, 3.8) is 0 Å². The van der Waals surface area contributed by atoms with Gasteiger partial charge in [-0.3, -0.25) is 10.6 Å². The second kappa shape index (κ2) is 5.88. The molecule has 1 fully saturated rings. The Morgan fingerprint density at radius 2 is 1.92 bits per heavy atom. The van der Waals surface area contributed by atoms with E-state index in [0.29, 0.717) is 13.2 Å². The minimum Gasteiger partial charge on any atom is -0.358 e. The Morgan fingerprint density at radius 3 is 2.62 bits per heavy atom. The lowest BCUT2D eigenvalue weighted by atomic mass is 10.6. The van der Waals surface area contributed by atoms with Crippen LogP contribution in [0.4, 0.5) is 0 Å². The summed E-state index contributed by atoms with van der Waals surface area (Å²) in [5.41, 5.74) is 0. The normalized spacial score (nSPS) is 27.4. The van der Waals surface area contributed by atoms with Crippen LogP contribution in [0.5, 0.6) is 0 Å². The van der Waals surface area contributed by atoms with Gasteiger partial charge in [-0.25, -0.2) is 0 Å². The Balaban J connectivity index is 2.12. The van der Waals surface area contributed by atoms with Crippen molar-refractivity contribution in [2.75, 3.05) is 19.8 Å². The van der Waals surface area contributed by atoms with Gasteiger partial charge in [0.1, 0.15) is 6.23 Å². The highest BCUT2D eigenvalue weighted by molar-refractivity contribution is 4.75. The van der Waals surface area contributed by atoms with E-state index in [1.54, 1.807) is 12.2 Å². The zero-order valence-electron chi connectivity index (χ0n) is 7.66. The highest BCUT2D eigenvalue weighted by Crippen LogP contribution is 1.98. The van der Waals surface area contributed by atoms with Crippen LogP contribution in [0.25, 0.3) is 0 Å². The molecule has 1 saturated heterocycles. The van der Waals surface area contributed by atoms with Crippen LogP contribution in [-0.2, 0) is 9.47 Å². The molecule has 4 heteroatoms. The first-order chi connectivity index (χ1) is 6.36. The van der Waals surface area contributed by atoms with Crippen LogP contribution in [0.1, 0.15) is 0 Å². The van der Waals surface area contributed by atoms with Crippen molar-refractivity contribution in [2.24, 2.45) is 0 Å². The third-order valence-electron chi connectivity index (χ3n) is 1.62. The summed E-state index contributed by atoms with van der Waals surface area (Å²) in [7, 11) is 0. The molecule has 0 aromatic heterocycles. The van der Waals surface area contributed by atoms with E-state index in [4.69, 9.17) is 9.47 Å². The molecule has 0 spiro atoms. The summed E-state index contributed by atoms with van der Waals surface area (Å²) in [5.74, 6) is 0. The molecule has 1 aliphatic rings. The molecule has 4 nitrogen and oxygen atoms in total. The van der Waals surface area contributed by atoms with Crippen molar-refractivity contribution in [1.29, 1.82) is 0 Å². The molecule has 2 N–H and O–H groups in total. The fraction of sp³-hybridized carbons (Fsp3) is 0.556. The smallest absolute Gasteiger partial charge is 0.166 e. The molecule has 0 amide bonds. The highest BCUT2D eigenvalue weighted by atomic mass is 16.5. The Labute approximate surface area is 78.6 Å². The molecular weight excluding hydrogens is 168 g/mol. The zero-order valence-corrected chi connectivity index (χ0v) is 7.66. The topological polar surface area (TPSA) is 42.5 Å². The van der Waals surface area contributed by atoms with Gasteiger partial charge in [-0.15, -0.1) is 13.2 Å². The number of rotatable bonds is 6. The summed E-state index contributed by atoms with van der Waals surface area (Å²) >= 11 is 0. The van der Waals surface area contributed by atoms with Crippen molar-refractivity contribution in [1.82, 2.24) is 10.6 Å². The van der Waals surface area contributed by atoms with Crippen LogP contribution in [0.2, 0.25) is 0 Å². The molecular formula is C9H16N2O2. The maximum Gasteiger partial charge on any atom is 0.166 e. The standard InChI is InChI=1S/C9H16N2O2/c1-3-5-12-8-7-10-9(11-8)13-6-4-2/h3-4,8-11H,1-2,5-7H2. The summed E-state index contributed by atoms with van der Waals surface area (Å²) in [6.07, 6.45) is 3.31. The molecule has 13 heavy (non-hydrogen) atoms. The predicted molar refractivity (Wildman–Crippen MR) is 51.0 cm³/mol. The third kappa shape index (κ3) is 3.69. The molecule has 0 aliphatic carbocycles. The van der Waals surface area contributed by atoms with E-state index in [1.807, 2.05) is 0 Å². The van der Waals surface area contributed by atoms with Gasteiger partial charge in [0.15, 0.2) is 6.35 Å². The fourth-order valence-electron chi connectivity index (χ4n) is 1.06. The molecule has 1 heterocycles. The Bertz CT molecular complexity index is 155. The summed E-state index contributed by atoms with van der Waals surface area (Å²) in [4.78, 5) is 0. The average Bonchev–Trinajstić information content (AvgIpc) is 2.59. The fourth-order valence-corrected chi connectivity index (χ4v) is 1.06. The van der Waals surface area contributed by atoms with Crippen molar-refractivity contribution in [3.8, 4) is 0 Å². The van der Waals surface area contributed by atoms with Crippen LogP contribution in [0, 0.1) is 0 Å². The highest BCUT2D eigenvalue weighted by Gasteiger charge is 2.22. The van der Waals surface area contributed by atoms with Gasteiger partial charge in [0.25, 0.3) is 0 Å². The lowest BCUT2D eigenvalue weighted by Crippen LogP contribution is -2.37. The molecule has 0 saturated carbocycles. The van der Waals surface area contributed by atoms with E-state index in [2.05, 4.69) is 23.8 Å². The summed E-state index contributed by atoms with van der Waals surface area (Å²) in [6.45, 7) is 8.96. The first-order valence-corrected chi connectivity index (χ1v) is 4.31. The molecule has 2 atom stereocenters.